The number of nitrogens with zero attached hydrogens (tertiary/aromatic N) is 1. The Hall–Kier alpha value is -0.970. The average Bonchev–Trinajstić information content (AvgIpc) is 2.83. The topological polar surface area (TPSA) is 39.4 Å². The van der Waals surface area contributed by atoms with Crippen LogP contribution in [0.25, 0.3) is 11.0 Å². The van der Waals surface area contributed by atoms with E-state index in [0.717, 1.165) is 17.4 Å². The molecule has 0 N–H and O–H groups in total. The zero-order chi connectivity index (χ0) is 14.9. The van der Waals surface area contributed by atoms with E-state index in [-0.39, 0.29) is 10.8 Å². The quantitative estimate of drug-likeness (QED) is 0.806. The van der Waals surface area contributed by atoms with Crippen LogP contribution < -0.4 is 0 Å². The van der Waals surface area contributed by atoms with Crippen molar-refractivity contribution in [1.82, 2.24) is 4.31 Å². The zero-order valence-corrected chi connectivity index (χ0v) is 13.7. The molecule has 0 radical (unpaired) electrons. The standard InChI is InChI=1S/C16H23NO2S/c1-12(17(5)20(18)16(2,3)4)10-13-6-7-14-8-9-19-15(14)11-13/h6-9,11-12H,10H2,1-5H3/t12-,20?/m0/s1. The lowest BCUT2D eigenvalue weighted by atomic mass is 10.1. The van der Waals surface area contributed by atoms with E-state index in [2.05, 4.69) is 25.1 Å². The van der Waals surface area contributed by atoms with Gasteiger partial charge < -0.3 is 8.97 Å². The van der Waals surface area contributed by atoms with E-state index in [1.165, 1.54) is 5.56 Å². The number of fused-ring (bicyclic) bond motifs is 1. The highest BCUT2D eigenvalue weighted by atomic mass is 32.2. The highest BCUT2D eigenvalue weighted by Gasteiger charge is 2.33. The van der Waals surface area contributed by atoms with E-state index < -0.39 is 11.4 Å². The van der Waals surface area contributed by atoms with E-state index in [1.54, 1.807) is 6.26 Å². The molecule has 4 heteroatoms. The molecule has 1 aromatic carbocycles. The first-order valence-corrected chi connectivity index (χ1v) is 8.00. The molecule has 110 valence electrons. The van der Waals surface area contributed by atoms with Gasteiger partial charge >= 0.3 is 0 Å². The first kappa shape index (κ1) is 15.4. The summed E-state index contributed by atoms with van der Waals surface area (Å²) in [5.74, 6) is 0. The number of furan rings is 1. The number of hydrogen-bond donors (Lipinski definition) is 0. The Balaban J connectivity index is 2.08. The van der Waals surface area contributed by atoms with Crippen molar-refractivity contribution in [2.24, 2.45) is 0 Å². The molecule has 1 heterocycles. The van der Waals surface area contributed by atoms with Crippen LogP contribution in [0.4, 0.5) is 0 Å². The molecule has 0 saturated heterocycles. The van der Waals surface area contributed by atoms with Gasteiger partial charge in [-0.15, -0.1) is 4.31 Å². The van der Waals surface area contributed by atoms with Crippen LogP contribution in [0.5, 0.6) is 0 Å². The number of rotatable bonds is 4. The van der Waals surface area contributed by atoms with Crippen LogP contribution in [-0.2, 0) is 17.8 Å². The number of hydrogen-bond acceptors (Lipinski definition) is 3. The van der Waals surface area contributed by atoms with Gasteiger partial charge in [0.15, 0.2) is 0 Å². The summed E-state index contributed by atoms with van der Waals surface area (Å²) in [5, 5.41) is 1.12. The van der Waals surface area contributed by atoms with Gasteiger partial charge in [0.2, 0.25) is 0 Å². The predicted octanol–water partition coefficient (Wildman–Crippen LogP) is 3.76. The van der Waals surface area contributed by atoms with Gasteiger partial charge in [-0.25, -0.2) is 0 Å². The molecule has 0 amide bonds. The Morgan fingerprint density at radius 3 is 2.65 bits per heavy atom. The molecule has 20 heavy (non-hydrogen) atoms. The second-order valence-electron chi connectivity index (χ2n) is 6.25. The summed E-state index contributed by atoms with van der Waals surface area (Å²) in [6.07, 6.45) is 2.56. The Labute approximate surface area is 124 Å². The average molecular weight is 293 g/mol. The van der Waals surface area contributed by atoms with Gasteiger partial charge in [0.05, 0.1) is 12.3 Å². The lowest BCUT2D eigenvalue weighted by Crippen LogP contribution is -2.45. The smallest absolute Gasteiger partial charge is 0.137 e. The van der Waals surface area contributed by atoms with Gasteiger partial charge in [-0.05, 0) is 51.8 Å². The minimum absolute atomic E-state index is 0.211. The Morgan fingerprint density at radius 1 is 1.30 bits per heavy atom. The van der Waals surface area contributed by atoms with Crippen molar-refractivity contribution in [3.63, 3.8) is 0 Å². The van der Waals surface area contributed by atoms with Gasteiger partial charge in [0.25, 0.3) is 0 Å². The highest BCUT2D eigenvalue weighted by molar-refractivity contribution is 7.90. The van der Waals surface area contributed by atoms with Crippen molar-refractivity contribution in [2.75, 3.05) is 7.05 Å². The SMILES string of the molecule is C[C@@H](Cc1ccc2ccoc2c1)N(C)[S+]([O-])C(C)(C)C. The maximum Gasteiger partial charge on any atom is 0.137 e. The lowest BCUT2D eigenvalue weighted by molar-refractivity contribution is 0.372. The third-order valence-electron chi connectivity index (χ3n) is 3.46. The van der Waals surface area contributed by atoms with Gasteiger partial charge in [-0.2, -0.15) is 0 Å². The molecule has 2 rings (SSSR count). The van der Waals surface area contributed by atoms with Gasteiger partial charge in [0.1, 0.15) is 10.3 Å². The molecule has 0 aliphatic rings. The molecule has 1 unspecified atom stereocenters. The maximum atomic E-state index is 12.4. The van der Waals surface area contributed by atoms with Crippen LogP contribution in [0.3, 0.4) is 0 Å². The maximum absolute atomic E-state index is 12.4. The second-order valence-corrected chi connectivity index (χ2v) is 8.55. The Morgan fingerprint density at radius 2 is 2.00 bits per heavy atom. The largest absolute Gasteiger partial charge is 0.598 e. The van der Waals surface area contributed by atoms with Crippen molar-refractivity contribution in [1.29, 1.82) is 0 Å². The summed E-state index contributed by atoms with van der Waals surface area (Å²) in [6.45, 7) is 8.11. The van der Waals surface area contributed by atoms with Crippen LogP contribution in [0.2, 0.25) is 0 Å². The molecule has 0 spiro atoms. The van der Waals surface area contributed by atoms with Crippen molar-refractivity contribution in [3.8, 4) is 0 Å². The van der Waals surface area contributed by atoms with Crippen molar-refractivity contribution in [2.45, 2.75) is 44.9 Å². The normalized spacial score (nSPS) is 15.8. The molecule has 0 aliphatic heterocycles. The first-order chi connectivity index (χ1) is 9.29. The van der Waals surface area contributed by atoms with E-state index >= 15 is 0 Å². The summed E-state index contributed by atoms with van der Waals surface area (Å²) in [4.78, 5) is 0. The second kappa shape index (κ2) is 5.80. The minimum atomic E-state index is -0.995. The summed E-state index contributed by atoms with van der Waals surface area (Å²) >= 11 is -0.995. The molecule has 1 aromatic heterocycles. The van der Waals surface area contributed by atoms with E-state index in [4.69, 9.17) is 4.42 Å². The van der Waals surface area contributed by atoms with E-state index in [0.29, 0.717) is 0 Å². The van der Waals surface area contributed by atoms with Crippen LogP contribution in [-0.4, -0.2) is 26.7 Å². The zero-order valence-electron chi connectivity index (χ0n) is 12.8. The van der Waals surface area contributed by atoms with Crippen LogP contribution in [0.15, 0.2) is 34.9 Å². The molecule has 2 aromatic rings. The third kappa shape index (κ3) is 3.37. The molecule has 0 bridgehead atoms. The van der Waals surface area contributed by atoms with Crippen LogP contribution in [0.1, 0.15) is 33.3 Å². The van der Waals surface area contributed by atoms with Crippen molar-refractivity contribution < 1.29 is 8.97 Å². The van der Waals surface area contributed by atoms with Crippen molar-refractivity contribution in [3.05, 3.63) is 36.1 Å². The summed E-state index contributed by atoms with van der Waals surface area (Å²) < 4.78 is 19.5. The number of likely N-dealkylation sites (N-methyl/N-ethyl adjacent to an activating group) is 1. The van der Waals surface area contributed by atoms with Gasteiger partial charge in [-0.3, -0.25) is 0 Å². The first-order valence-electron chi connectivity index (χ1n) is 6.90. The van der Waals surface area contributed by atoms with Crippen molar-refractivity contribution >= 4 is 22.3 Å². The fourth-order valence-electron chi connectivity index (χ4n) is 2.19. The number of benzene rings is 1. The Bertz CT molecular complexity index is 573. The molecule has 0 saturated carbocycles. The molecule has 0 aliphatic carbocycles. The predicted molar refractivity (Wildman–Crippen MR) is 85.0 cm³/mol. The molecule has 3 nitrogen and oxygen atoms in total. The highest BCUT2D eigenvalue weighted by Crippen LogP contribution is 2.23. The Kier molecular flexibility index (Phi) is 4.47. The van der Waals surface area contributed by atoms with E-state index in [1.807, 2.05) is 38.2 Å². The van der Waals surface area contributed by atoms with Gasteiger partial charge in [-0.1, -0.05) is 12.1 Å². The minimum Gasteiger partial charge on any atom is -0.598 e. The monoisotopic (exact) mass is 293 g/mol. The molecular weight excluding hydrogens is 270 g/mol. The van der Waals surface area contributed by atoms with E-state index in [9.17, 15) is 4.55 Å². The molecule has 2 atom stereocenters. The summed E-state index contributed by atoms with van der Waals surface area (Å²) in [5.41, 5.74) is 2.12. The summed E-state index contributed by atoms with van der Waals surface area (Å²) in [7, 11) is 1.93. The molecule has 0 fully saturated rings. The van der Waals surface area contributed by atoms with Gasteiger partial charge in [0, 0.05) is 23.8 Å². The van der Waals surface area contributed by atoms with Crippen LogP contribution in [0, 0.1) is 0 Å². The fraction of sp³-hybridized carbons (Fsp3) is 0.500. The third-order valence-corrected chi connectivity index (χ3v) is 5.39. The van der Waals surface area contributed by atoms with Crippen LogP contribution >= 0.6 is 0 Å². The molecular formula is C16H23NO2S. The fourth-order valence-corrected chi connectivity index (χ4v) is 3.46. The lowest BCUT2D eigenvalue weighted by Gasteiger charge is -2.33. The summed E-state index contributed by atoms with van der Waals surface area (Å²) in [6, 6.07) is 8.43.